The molecule has 5 nitrogen and oxygen atoms in total. The lowest BCUT2D eigenvalue weighted by atomic mass is 9.96. The molecule has 19 heavy (non-hydrogen) atoms. The third-order valence-electron chi connectivity index (χ3n) is 3.97. The van der Waals surface area contributed by atoms with Crippen LogP contribution in [0.5, 0.6) is 0 Å². The van der Waals surface area contributed by atoms with E-state index in [1.165, 1.54) is 6.42 Å². The third kappa shape index (κ3) is 5.49. The molecule has 2 unspecified atom stereocenters. The second-order valence-corrected chi connectivity index (χ2v) is 5.42. The summed E-state index contributed by atoms with van der Waals surface area (Å²) in [6.45, 7) is 6.21. The fourth-order valence-corrected chi connectivity index (χ4v) is 2.53. The molecule has 0 bridgehead atoms. The van der Waals surface area contributed by atoms with Gasteiger partial charge in [0.05, 0.1) is 0 Å². The van der Waals surface area contributed by atoms with Gasteiger partial charge in [0.25, 0.3) is 0 Å². The molecule has 110 valence electrons. The number of aliphatic carboxylic acids is 1. The second kappa shape index (κ2) is 8.02. The number of amides is 2. The molecule has 0 aromatic rings. The number of rotatable bonds is 6. The van der Waals surface area contributed by atoms with Gasteiger partial charge >= 0.3 is 12.0 Å². The van der Waals surface area contributed by atoms with Crippen LogP contribution >= 0.6 is 0 Å². The largest absolute Gasteiger partial charge is 0.481 e. The highest BCUT2D eigenvalue weighted by Crippen LogP contribution is 2.19. The van der Waals surface area contributed by atoms with Gasteiger partial charge in [0.1, 0.15) is 0 Å². The molecule has 1 aliphatic rings. The topological polar surface area (TPSA) is 69.6 Å². The number of piperidine rings is 1. The number of carboxylic acids is 1. The predicted molar refractivity (Wildman–Crippen MR) is 74.0 cm³/mol. The van der Waals surface area contributed by atoms with E-state index in [0.717, 1.165) is 32.4 Å². The zero-order chi connectivity index (χ0) is 14.3. The number of likely N-dealkylation sites (tertiary alicyclic amines) is 1. The van der Waals surface area contributed by atoms with Crippen molar-refractivity contribution in [2.45, 2.75) is 46.0 Å². The number of carbonyl (C=O) groups excluding carboxylic acids is 1. The smallest absolute Gasteiger partial charge is 0.317 e. The Balaban J connectivity index is 2.35. The monoisotopic (exact) mass is 270 g/mol. The van der Waals surface area contributed by atoms with Gasteiger partial charge in [-0.05, 0) is 24.7 Å². The maximum atomic E-state index is 12.0. The Kier molecular flexibility index (Phi) is 6.67. The van der Waals surface area contributed by atoms with Crippen molar-refractivity contribution in [3.63, 3.8) is 0 Å². The summed E-state index contributed by atoms with van der Waals surface area (Å²) in [6.07, 6.45) is 4.27. The molecule has 1 heterocycles. The number of hydrogen-bond donors (Lipinski definition) is 2. The van der Waals surface area contributed by atoms with Crippen LogP contribution in [-0.4, -0.2) is 41.6 Å². The van der Waals surface area contributed by atoms with Gasteiger partial charge in [0, 0.05) is 26.1 Å². The number of nitrogens with one attached hydrogen (secondary N) is 1. The number of carboxylic acid groups (broad SMARTS) is 1. The first-order valence-corrected chi connectivity index (χ1v) is 7.31. The van der Waals surface area contributed by atoms with E-state index in [2.05, 4.69) is 12.2 Å². The maximum absolute atomic E-state index is 12.0. The molecular formula is C14H26N2O3. The Bertz CT molecular complexity index is 307. The summed E-state index contributed by atoms with van der Waals surface area (Å²) < 4.78 is 0. The highest BCUT2D eigenvalue weighted by molar-refractivity contribution is 5.74. The van der Waals surface area contributed by atoms with Crippen molar-refractivity contribution >= 4 is 12.0 Å². The van der Waals surface area contributed by atoms with Gasteiger partial charge in [0.2, 0.25) is 0 Å². The number of carbonyl (C=O) groups is 2. The van der Waals surface area contributed by atoms with Crippen LogP contribution in [-0.2, 0) is 4.79 Å². The Morgan fingerprint density at radius 1 is 1.42 bits per heavy atom. The van der Waals surface area contributed by atoms with E-state index in [-0.39, 0.29) is 18.4 Å². The molecule has 1 aliphatic heterocycles. The Morgan fingerprint density at radius 2 is 2.16 bits per heavy atom. The van der Waals surface area contributed by atoms with Crippen molar-refractivity contribution in [1.82, 2.24) is 10.2 Å². The summed E-state index contributed by atoms with van der Waals surface area (Å²) in [5.74, 6) is -0.168. The van der Waals surface area contributed by atoms with Crippen LogP contribution in [0.2, 0.25) is 0 Å². The van der Waals surface area contributed by atoms with E-state index < -0.39 is 5.97 Å². The average Bonchev–Trinajstić information content (AvgIpc) is 2.42. The lowest BCUT2D eigenvalue weighted by molar-refractivity contribution is -0.138. The molecule has 2 N–H and O–H groups in total. The standard InChI is InChI=1S/C14H26N2O3/c1-3-11-6-5-7-16(10-11)14(19)15-9-12(4-2)8-13(17)18/h11-12H,3-10H2,1-2H3,(H,15,19)(H,17,18). The fraction of sp³-hybridized carbons (Fsp3) is 0.857. The van der Waals surface area contributed by atoms with Gasteiger partial charge in [-0.3, -0.25) is 4.79 Å². The van der Waals surface area contributed by atoms with Crippen LogP contribution in [0.3, 0.4) is 0 Å². The Labute approximate surface area is 115 Å². The van der Waals surface area contributed by atoms with E-state index in [9.17, 15) is 9.59 Å². The zero-order valence-electron chi connectivity index (χ0n) is 12.0. The summed E-state index contributed by atoms with van der Waals surface area (Å²) in [5, 5.41) is 11.6. The first kappa shape index (κ1) is 15.8. The quantitative estimate of drug-likeness (QED) is 0.778. The third-order valence-corrected chi connectivity index (χ3v) is 3.97. The number of urea groups is 1. The minimum atomic E-state index is -0.801. The first-order valence-electron chi connectivity index (χ1n) is 7.31. The molecule has 0 aromatic carbocycles. The molecule has 0 spiro atoms. The molecule has 0 radical (unpaired) electrons. The van der Waals surface area contributed by atoms with Crippen molar-refractivity contribution in [2.75, 3.05) is 19.6 Å². The molecule has 1 fully saturated rings. The number of nitrogens with zero attached hydrogens (tertiary/aromatic N) is 1. The zero-order valence-corrected chi connectivity index (χ0v) is 12.0. The summed E-state index contributed by atoms with van der Waals surface area (Å²) in [6, 6.07) is -0.0398. The minimum absolute atomic E-state index is 0.0215. The van der Waals surface area contributed by atoms with Gasteiger partial charge in [-0.25, -0.2) is 4.79 Å². The second-order valence-electron chi connectivity index (χ2n) is 5.42. The van der Waals surface area contributed by atoms with Crippen LogP contribution in [0.15, 0.2) is 0 Å². The normalized spacial score (nSPS) is 20.9. The molecule has 1 saturated heterocycles. The molecule has 0 aliphatic carbocycles. The van der Waals surface area contributed by atoms with Crippen molar-refractivity contribution in [1.29, 1.82) is 0 Å². The molecule has 1 rings (SSSR count). The highest BCUT2D eigenvalue weighted by atomic mass is 16.4. The predicted octanol–water partition coefficient (Wildman–Crippen LogP) is 2.32. The van der Waals surface area contributed by atoms with Gasteiger partial charge < -0.3 is 15.3 Å². The van der Waals surface area contributed by atoms with E-state index in [4.69, 9.17) is 5.11 Å². The number of hydrogen-bond acceptors (Lipinski definition) is 2. The summed E-state index contributed by atoms with van der Waals surface area (Å²) >= 11 is 0. The minimum Gasteiger partial charge on any atom is -0.481 e. The molecule has 2 amide bonds. The Hall–Kier alpha value is -1.26. The summed E-state index contributed by atoms with van der Waals surface area (Å²) in [4.78, 5) is 24.6. The van der Waals surface area contributed by atoms with Gasteiger partial charge in [-0.2, -0.15) is 0 Å². The summed E-state index contributed by atoms with van der Waals surface area (Å²) in [7, 11) is 0. The van der Waals surface area contributed by atoms with Crippen LogP contribution in [0.1, 0.15) is 46.0 Å². The van der Waals surface area contributed by atoms with Gasteiger partial charge in [-0.15, -0.1) is 0 Å². The molecule has 0 saturated carbocycles. The molecule has 2 atom stereocenters. The van der Waals surface area contributed by atoms with E-state index in [1.54, 1.807) is 0 Å². The molecule has 0 aromatic heterocycles. The fourth-order valence-electron chi connectivity index (χ4n) is 2.53. The lowest BCUT2D eigenvalue weighted by Crippen LogP contribution is -2.46. The van der Waals surface area contributed by atoms with E-state index >= 15 is 0 Å². The van der Waals surface area contributed by atoms with Crippen LogP contribution < -0.4 is 5.32 Å². The van der Waals surface area contributed by atoms with Gasteiger partial charge in [-0.1, -0.05) is 26.7 Å². The highest BCUT2D eigenvalue weighted by Gasteiger charge is 2.23. The Morgan fingerprint density at radius 3 is 2.74 bits per heavy atom. The van der Waals surface area contributed by atoms with E-state index in [0.29, 0.717) is 12.5 Å². The SMILES string of the molecule is CCC(CNC(=O)N1CCCC(CC)C1)CC(=O)O. The van der Waals surface area contributed by atoms with E-state index in [1.807, 2.05) is 11.8 Å². The average molecular weight is 270 g/mol. The first-order chi connectivity index (χ1) is 9.06. The van der Waals surface area contributed by atoms with Crippen LogP contribution in [0, 0.1) is 11.8 Å². The lowest BCUT2D eigenvalue weighted by Gasteiger charge is -2.32. The van der Waals surface area contributed by atoms with Gasteiger partial charge in [0.15, 0.2) is 0 Å². The summed E-state index contributed by atoms with van der Waals surface area (Å²) in [5.41, 5.74) is 0. The van der Waals surface area contributed by atoms with Crippen molar-refractivity contribution < 1.29 is 14.7 Å². The van der Waals surface area contributed by atoms with Crippen molar-refractivity contribution in [2.24, 2.45) is 11.8 Å². The maximum Gasteiger partial charge on any atom is 0.317 e. The van der Waals surface area contributed by atoms with Crippen molar-refractivity contribution in [3.05, 3.63) is 0 Å². The molecule has 5 heteroatoms. The van der Waals surface area contributed by atoms with Crippen LogP contribution in [0.4, 0.5) is 4.79 Å². The van der Waals surface area contributed by atoms with Crippen molar-refractivity contribution in [3.8, 4) is 0 Å². The van der Waals surface area contributed by atoms with Crippen LogP contribution in [0.25, 0.3) is 0 Å². The molecular weight excluding hydrogens is 244 g/mol.